The van der Waals surface area contributed by atoms with Crippen molar-refractivity contribution in [3.63, 3.8) is 0 Å². The molecule has 2 unspecified atom stereocenters. The van der Waals surface area contributed by atoms with E-state index in [9.17, 15) is 0 Å². The van der Waals surface area contributed by atoms with Gasteiger partial charge in [0.2, 0.25) is 0 Å². The number of aliphatic imine (C=N–C) groups is 1. The van der Waals surface area contributed by atoms with Gasteiger partial charge in [0.25, 0.3) is 0 Å². The molecular weight excluding hydrogens is 637 g/mol. The Morgan fingerprint density at radius 1 is 0.788 bits per heavy atom. The molecular formula is C47H42N4O. The molecule has 0 bridgehead atoms. The Morgan fingerprint density at radius 3 is 2.37 bits per heavy atom. The molecule has 1 N–H and O–H groups in total. The summed E-state index contributed by atoms with van der Waals surface area (Å²) in [6, 6.07) is 33.3. The van der Waals surface area contributed by atoms with Crippen molar-refractivity contribution in [2.24, 2.45) is 12.0 Å². The lowest BCUT2D eigenvalue weighted by Gasteiger charge is -2.13. The number of hydrogen-bond acceptors (Lipinski definition) is 3. The molecule has 0 saturated carbocycles. The first-order valence-corrected chi connectivity index (χ1v) is 18.5. The van der Waals surface area contributed by atoms with E-state index in [0.29, 0.717) is 0 Å². The Labute approximate surface area is 304 Å². The molecule has 0 spiro atoms. The quantitative estimate of drug-likeness (QED) is 0.197. The van der Waals surface area contributed by atoms with Gasteiger partial charge in [0, 0.05) is 62.5 Å². The van der Waals surface area contributed by atoms with E-state index in [1.54, 1.807) is 0 Å². The summed E-state index contributed by atoms with van der Waals surface area (Å²) < 4.78 is 11.3. The van der Waals surface area contributed by atoms with E-state index in [1.165, 1.54) is 61.1 Å². The van der Waals surface area contributed by atoms with E-state index in [2.05, 4.69) is 162 Å². The van der Waals surface area contributed by atoms with Gasteiger partial charge in [-0.05, 0) is 85.5 Å². The summed E-state index contributed by atoms with van der Waals surface area (Å²) >= 11 is 0. The second kappa shape index (κ2) is 12.9. The highest BCUT2D eigenvalue weighted by Gasteiger charge is 2.26. The molecule has 5 heteroatoms. The number of nitrogens with zero attached hydrogens (tertiary/aromatic N) is 3. The number of para-hydroxylation sites is 2. The van der Waals surface area contributed by atoms with Crippen LogP contribution < -0.4 is 5.32 Å². The summed E-state index contributed by atoms with van der Waals surface area (Å²) in [6.45, 7) is 6.22. The Morgan fingerprint density at radius 2 is 1.54 bits per heavy atom. The van der Waals surface area contributed by atoms with Crippen molar-refractivity contribution in [3.8, 4) is 27.9 Å². The number of aromatic nitrogens is 2. The number of fused-ring (bicyclic) bond motifs is 6. The fourth-order valence-electron chi connectivity index (χ4n) is 8.25. The number of nitrogens with one attached hydrogen (secondary N) is 1. The van der Waals surface area contributed by atoms with Crippen LogP contribution in [0.4, 0.5) is 0 Å². The van der Waals surface area contributed by atoms with Crippen molar-refractivity contribution in [2.75, 3.05) is 0 Å². The molecule has 4 heterocycles. The molecule has 3 aromatic heterocycles. The number of amidine groups is 1. The van der Waals surface area contributed by atoms with Crippen LogP contribution in [0.2, 0.25) is 0 Å². The van der Waals surface area contributed by atoms with Crippen LogP contribution in [-0.4, -0.2) is 27.1 Å². The normalized spacial score (nSPS) is 17.4. The number of benzene rings is 4. The summed E-state index contributed by atoms with van der Waals surface area (Å²) in [5.41, 5.74) is 13.2. The second-order valence-corrected chi connectivity index (χ2v) is 13.6. The zero-order chi connectivity index (χ0) is 35.3. The van der Waals surface area contributed by atoms with Crippen LogP contribution in [-0.2, 0) is 13.5 Å². The molecule has 0 radical (unpaired) electrons. The summed E-state index contributed by atoms with van der Waals surface area (Å²) in [6.07, 6.45) is 19.3. The third-order valence-electron chi connectivity index (χ3n) is 10.8. The topological polar surface area (TPSA) is 47.4 Å². The molecule has 0 fully saturated rings. The number of allylic oxidation sites excluding steroid dienone is 3. The maximum atomic E-state index is 6.58. The highest BCUT2D eigenvalue weighted by atomic mass is 16.3. The monoisotopic (exact) mass is 678 g/mol. The minimum atomic E-state index is 0.131. The Kier molecular flexibility index (Phi) is 7.92. The first kappa shape index (κ1) is 31.9. The zero-order valence-corrected chi connectivity index (χ0v) is 30.1. The second-order valence-electron chi connectivity index (χ2n) is 13.6. The minimum absolute atomic E-state index is 0.131. The van der Waals surface area contributed by atoms with E-state index >= 15 is 0 Å². The lowest BCUT2D eigenvalue weighted by Crippen LogP contribution is -2.32. The van der Waals surface area contributed by atoms with Gasteiger partial charge < -0.3 is 18.9 Å². The highest BCUT2D eigenvalue weighted by molar-refractivity contribution is 6.10. The molecule has 1 aliphatic heterocycles. The molecule has 0 amide bonds. The molecule has 2 atom stereocenters. The van der Waals surface area contributed by atoms with Crippen LogP contribution in [0, 0.1) is 6.92 Å². The van der Waals surface area contributed by atoms with Gasteiger partial charge in [-0.3, -0.25) is 4.99 Å². The van der Waals surface area contributed by atoms with Crippen LogP contribution in [0.1, 0.15) is 43.0 Å². The van der Waals surface area contributed by atoms with E-state index < -0.39 is 0 Å². The van der Waals surface area contributed by atoms with Gasteiger partial charge in [0.1, 0.15) is 17.2 Å². The van der Waals surface area contributed by atoms with Crippen molar-refractivity contribution >= 4 is 50.8 Å². The van der Waals surface area contributed by atoms with Crippen molar-refractivity contribution in [1.82, 2.24) is 14.5 Å². The van der Waals surface area contributed by atoms with Crippen LogP contribution >= 0.6 is 0 Å². The number of aryl methyl sites for hydroxylation is 1. The number of hydrogen-bond donors (Lipinski definition) is 1. The maximum absolute atomic E-state index is 6.58. The first-order chi connectivity index (χ1) is 25.6. The number of rotatable bonds is 5. The van der Waals surface area contributed by atoms with E-state index in [-0.39, 0.29) is 12.1 Å². The summed E-state index contributed by atoms with van der Waals surface area (Å²) in [5.74, 6) is 1.70. The van der Waals surface area contributed by atoms with Crippen molar-refractivity contribution in [1.29, 1.82) is 0 Å². The van der Waals surface area contributed by atoms with E-state index in [4.69, 9.17) is 9.41 Å². The average Bonchev–Trinajstić information content (AvgIpc) is 3.94. The third-order valence-corrected chi connectivity index (χ3v) is 10.8. The predicted molar refractivity (Wildman–Crippen MR) is 219 cm³/mol. The van der Waals surface area contributed by atoms with Gasteiger partial charge in [-0.15, -0.1) is 0 Å². The fraction of sp³-hybridized carbons (Fsp3) is 0.170. The Balaban J connectivity index is 0.00000177. The minimum Gasteiger partial charge on any atom is -0.456 e. The molecule has 5 nitrogen and oxygen atoms in total. The van der Waals surface area contributed by atoms with Crippen LogP contribution in [0.25, 0.3) is 72.9 Å². The summed E-state index contributed by atoms with van der Waals surface area (Å²) in [7, 11) is 2.16. The highest BCUT2D eigenvalue weighted by Crippen LogP contribution is 2.44. The van der Waals surface area contributed by atoms with Crippen LogP contribution in [0.5, 0.6) is 0 Å². The Bertz CT molecular complexity index is 2650. The van der Waals surface area contributed by atoms with Crippen LogP contribution in [0.15, 0.2) is 137 Å². The van der Waals surface area contributed by atoms with E-state index in [0.717, 1.165) is 41.0 Å². The lowest BCUT2D eigenvalue weighted by molar-refractivity contribution is 0.605. The molecule has 4 aromatic carbocycles. The average molecular weight is 679 g/mol. The SMILES string of the molecule is CC.Cc1c(-c2c(C=CC3=NC4C=CC=CC4N3)oc3ccccc23)c2cc(-c3ccc4c(c3)c3c(n4-c4ccccc4)CCC=C3)ccc2n1C. The largest absolute Gasteiger partial charge is 0.456 e. The Hall–Kier alpha value is -6.07. The summed E-state index contributed by atoms with van der Waals surface area (Å²) in [5, 5.41) is 7.16. The predicted octanol–water partition coefficient (Wildman–Crippen LogP) is 11.4. The molecule has 52 heavy (non-hydrogen) atoms. The summed E-state index contributed by atoms with van der Waals surface area (Å²) in [4.78, 5) is 4.89. The van der Waals surface area contributed by atoms with Gasteiger partial charge in [0.05, 0.1) is 17.6 Å². The van der Waals surface area contributed by atoms with Gasteiger partial charge in [-0.1, -0.05) is 98.8 Å². The molecule has 7 aromatic rings. The maximum Gasteiger partial charge on any atom is 0.136 e. The van der Waals surface area contributed by atoms with Gasteiger partial charge in [-0.25, -0.2) is 0 Å². The van der Waals surface area contributed by atoms with Gasteiger partial charge >= 0.3 is 0 Å². The lowest BCUT2D eigenvalue weighted by atomic mass is 9.95. The molecule has 0 saturated heterocycles. The van der Waals surface area contributed by atoms with E-state index in [1.807, 2.05) is 19.9 Å². The first-order valence-electron chi connectivity index (χ1n) is 18.5. The third kappa shape index (κ3) is 5.11. The zero-order valence-electron chi connectivity index (χ0n) is 30.1. The smallest absolute Gasteiger partial charge is 0.136 e. The van der Waals surface area contributed by atoms with Gasteiger partial charge in [0.15, 0.2) is 0 Å². The van der Waals surface area contributed by atoms with Crippen LogP contribution in [0.3, 0.4) is 0 Å². The van der Waals surface area contributed by atoms with Crippen molar-refractivity contribution < 1.29 is 4.42 Å². The molecule has 3 aliphatic rings. The molecule has 2 aliphatic carbocycles. The standard InChI is InChI=1S/C45H36N4O.C2H6/c1-28-44(45-33-15-7-11-19-41(33)50-42(45)24-25-43-46-36-16-8-9-17-37(36)47-43)35-27-30(20-22-38(35)48(28)2)29-21-23-40-34(26-29)32-14-6-10-18-39(32)49(40)31-12-4-3-5-13-31;1-2/h3-9,11-17,19-27,36-37H,10,18H2,1-2H3,(H,46,47);1-2H3. The number of furan rings is 1. The van der Waals surface area contributed by atoms with Crippen molar-refractivity contribution in [3.05, 3.63) is 150 Å². The molecule has 10 rings (SSSR count). The fourth-order valence-corrected chi connectivity index (χ4v) is 8.25. The van der Waals surface area contributed by atoms with Crippen molar-refractivity contribution in [2.45, 2.75) is 45.7 Å². The van der Waals surface area contributed by atoms with Gasteiger partial charge in [-0.2, -0.15) is 0 Å². The molecule has 256 valence electrons.